The van der Waals surface area contributed by atoms with E-state index in [2.05, 4.69) is 33.5 Å². The second-order valence-corrected chi connectivity index (χ2v) is 3.27. The van der Waals surface area contributed by atoms with Crippen molar-refractivity contribution in [2.75, 3.05) is 0 Å². The van der Waals surface area contributed by atoms with Crippen molar-refractivity contribution in [2.45, 2.75) is 6.16 Å². The highest BCUT2D eigenvalue weighted by Gasteiger charge is 2.51. The molecule has 0 aliphatic rings. The molecule has 0 saturated carbocycles. The fourth-order valence-corrected chi connectivity index (χ4v) is 0.800. The third kappa shape index (κ3) is 15.1. The molecule has 170 valence electrons. The summed E-state index contributed by atoms with van der Waals surface area (Å²) in [4.78, 5) is 80.0. The van der Waals surface area contributed by atoms with Crippen LogP contribution in [-0.4, -0.2) is 90.4 Å². The van der Waals surface area contributed by atoms with Gasteiger partial charge >= 0.3 is 49.2 Å². The Kier molecular flexibility index (Phi) is 11.1. The van der Waals surface area contributed by atoms with Crippen LogP contribution in [0.1, 0.15) is 0 Å². The van der Waals surface area contributed by atoms with Crippen molar-refractivity contribution in [3.05, 3.63) is 0 Å². The molecule has 0 aliphatic carbocycles. The first-order valence-corrected chi connectivity index (χ1v) is 5.79. The van der Waals surface area contributed by atoms with Crippen molar-refractivity contribution >= 4 is 43.1 Å². The molecule has 0 rings (SSSR count). The first kappa shape index (κ1) is 27.1. The topological polar surface area (TPSA) is 329 Å². The summed E-state index contributed by atoms with van der Waals surface area (Å²) in [5.74, 6) is 0. The summed E-state index contributed by atoms with van der Waals surface area (Å²) in [6.45, 7) is 0. The Morgan fingerprint density at radius 2 is 0.633 bits per heavy atom. The number of hydrogen-bond acceptors (Lipinski definition) is 15. The molecule has 0 atom stereocenters. The van der Waals surface area contributed by atoms with Gasteiger partial charge in [0.25, 0.3) is 5.39 Å². The summed E-state index contributed by atoms with van der Waals surface area (Å²) < 4.78 is 13.9. The molecule has 0 bridgehead atoms. The summed E-state index contributed by atoms with van der Waals surface area (Å²) in [6.07, 6.45) is -19.1. The van der Waals surface area contributed by atoms with Gasteiger partial charge in [0.1, 0.15) is 0 Å². The highest BCUT2D eigenvalue weighted by molar-refractivity contribution is 5.64. The largest absolute Gasteiger partial charge is 0.629 e. The Morgan fingerprint density at radius 1 is 0.433 bits per heavy atom. The van der Waals surface area contributed by atoms with E-state index in [1.54, 1.807) is 0 Å². The van der Waals surface area contributed by atoms with Gasteiger partial charge in [-0.05, 0) is 0 Å². The fraction of sp³-hybridized carbons (Fsp3) is 0.125. The number of nitrogens with zero attached hydrogens (tertiary/aromatic N) is 1. The van der Waals surface area contributed by atoms with E-state index in [1.165, 1.54) is 0 Å². The van der Waals surface area contributed by atoms with Crippen LogP contribution < -0.4 is 0 Å². The van der Waals surface area contributed by atoms with E-state index in [-0.39, 0.29) is 0 Å². The minimum Gasteiger partial charge on any atom is -0.449 e. The smallest absolute Gasteiger partial charge is 0.449 e. The van der Waals surface area contributed by atoms with Crippen LogP contribution in [0.25, 0.3) is 0 Å². The highest BCUT2D eigenvalue weighted by atomic mass is 17.2. The van der Waals surface area contributed by atoms with Crippen molar-refractivity contribution in [3.63, 3.8) is 0 Å². The summed E-state index contributed by atoms with van der Waals surface area (Å²) in [7, 11) is 0. The molecule has 0 fully saturated rings. The molecule has 0 aromatic heterocycles. The van der Waals surface area contributed by atoms with Crippen LogP contribution >= 0.6 is 0 Å². The first-order valence-electron chi connectivity index (χ1n) is 5.79. The average Bonchev–Trinajstić information content (AvgIpc) is 2.41. The Balaban J connectivity index is 0. The number of rotatable bonds is 7. The first-order chi connectivity index (χ1) is 13.6. The Labute approximate surface area is 158 Å². The van der Waals surface area contributed by atoms with Gasteiger partial charge in [0.2, 0.25) is 0 Å². The zero-order chi connectivity index (χ0) is 24.1. The van der Waals surface area contributed by atoms with Gasteiger partial charge in [-0.3, -0.25) is 14.5 Å². The summed E-state index contributed by atoms with van der Waals surface area (Å²) in [5.41, 5.74) is 0. The summed E-state index contributed by atoms with van der Waals surface area (Å²) >= 11 is 0. The van der Waals surface area contributed by atoms with Crippen LogP contribution in [0.15, 0.2) is 0 Å². The van der Waals surface area contributed by atoms with Crippen LogP contribution in [0.2, 0.25) is 0 Å². The van der Waals surface area contributed by atoms with Crippen LogP contribution in [0, 0.1) is 0 Å². The predicted octanol–water partition coefficient (Wildman–Crippen LogP) is 0.493. The van der Waals surface area contributed by atoms with Crippen LogP contribution in [-0.2, 0) is 33.5 Å². The van der Waals surface area contributed by atoms with Crippen molar-refractivity contribution in [3.8, 4) is 0 Å². The Morgan fingerprint density at radius 3 is 0.767 bits per heavy atom. The number of hydrogen-bond donors (Lipinski definition) is 7. The lowest BCUT2D eigenvalue weighted by Crippen LogP contribution is -2.47. The minimum absolute atomic E-state index is 0.701. The lowest BCUT2D eigenvalue weighted by molar-refractivity contribution is -0.461. The molecule has 0 saturated heterocycles. The van der Waals surface area contributed by atoms with Crippen LogP contribution in [0.4, 0.5) is 33.6 Å². The molecule has 0 unspecified atom stereocenters. The molecular weight excluding hydrogens is 446 g/mol. The van der Waals surface area contributed by atoms with Gasteiger partial charge in [-0.2, -0.15) is 0 Å². The predicted molar refractivity (Wildman–Crippen MR) is 68.3 cm³/mol. The molecule has 0 radical (unpaired) electrons. The van der Waals surface area contributed by atoms with Gasteiger partial charge in [0.05, 0.1) is 0 Å². The third-order valence-electron chi connectivity index (χ3n) is 1.31. The molecule has 0 amide bonds. The van der Waals surface area contributed by atoms with Crippen LogP contribution in [0.5, 0.6) is 0 Å². The average molecular weight is 453 g/mol. The molecule has 0 aromatic rings. The van der Waals surface area contributed by atoms with E-state index in [0.717, 1.165) is 0 Å². The normalized spacial score (nSPS) is 9.50. The Hall–Kier alpha value is -5.15. The quantitative estimate of drug-likeness (QED) is 0.156. The van der Waals surface area contributed by atoms with Crippen molar-refractivity contribution < 1.29 is 103 Å². The number of carbonyl (C=O) groups is 7. The molecule has 0 aliphatic heterocycles. The maximum absolute atomic E-state index is 10.1. The van der Waals surface area contributed by atoms with Gasteiger partial charge in [0.15, 0.2) is 0 Å². The zero-order valence-corrected chi connectivity index (χ0v) is 13.3. The summed E-state index contributed by atoms with van der Waals surface area (Å²) in [5, 5.41) is 55.6. The van der Waals surface area contributed by atoms with E-state index in [4.69, 9.17) is 35.7 Å². The Bertz CT molecular complexity index is 573. The lowest BCUT2D eigenvalue weighted by atomic mass is 10.9. The maximum Gasteiger partial charge on any atom is 0.629 e. The van der Waals surface area contributed by atoms with Crippen molar-refractivity contribution in [1.82, 2.24) is 5.39 Å². The monoisotopic (exact) mass is 453 g/mol. The second kappa shape index (κ2) is 12.3. The van der Waals surface area contributed by atoms with E-state index < -0.39 is 54.6 Å². The van der Waals surface area contributed by atoms with Gasteiger partial charge in [-0.25, -0.2) is 33.6 Å². The number of ether oxygens (including phenoxy) is 4. The van der Waals surface area contributed by atoms with E-state index in [0.29, 0.717) is 0 Å². The maximum atomic E-state index is 10.1. The fourth-order valence-electron chi connectivity index (χ4n) is 0.800. The van der Waals surface area contributed by atoms with Gasteiger partial charge in [-0.1, -0.05) is 0 Å². The molecule has 22 heteroatoms. The standard InChI is InChI=1S/C5H4O12.C3H3NO9/c6-1(7)14-5(15-2(8)9,16-3(10)11)17-4(12)13;5-1(6)11-4(12-2(7)8)13-3(9)10/h(H,6,7)(H,8,9)(H,10,11)(H,12,13);(H,5,6)(H,7,8)(H,9,10). The second-order valence-electron chi connectivity index (χ2n) is 3.27. The van der Waals surface area contributed by atoms with Crippen molar-refractivity contribution in [2.24, 2.45) is 0 Å². The van der Waals surface area contributed by atoms with E-state index >= 15 is 0 Å². The summed E-state index contributed by atoms with van der Waals surface area (Å²) in [6, 6.07) is 0. The molecule has 22 nitrogen and oxygen atoms in total. The molecular formula is C8H7NO21. The molecule has 0 heterocycles. The van der Waals surface area contributed by atoms with Crippen molar-refractivity contribution in [1.29, 1.82) is 0 Å². The lowest BCUT2D eigenvalue weighted by Gasteiger charge is -2.23. The molecule has 0 aromatic carbocycles. The number of carboxylic acid groups (broad SMARTS) is 7. The minimum atomic E-state index is -3.81. The van der Waals surface area contributed by atoms with E-state index in [1.807, 2.05) is 0 Å². The van der Waals surface area contributed by atoms with Gasteiger partial charge < -0.3 is 54.7 Å². The zero-order valence-electron chi connectivity index (χ0n) is 13.3. The third-order valence-corrected chi connectivity index (χ3v) is 1.31. The van der Waals surface area contributed by atoms with Gasteiger partial charge in [-0.15, -0.1) is 0 Å². The molecule has 0 spiro atoms. The van der Waals surface area contributed by atoms with Crippen LogP contribution in [0.3, 0.4) is 0 Å². The van der Waals surface area contributed by atoms with E-state index in [9.17, 15) is 33.6 Å². The SMILES string of the molecule is O=C(O)OC(OC(=O)O)(OC(=O)O)OC(=O)O.O=C(O)ON(OC(=O)O)OC(=O)O. The molecule has 30 heavy (non-hydrogen) atoms. The van der Waals surface area contributed by atoms with Gasteiger partial charge in [0, 0.05) is 0 Å². The molecule has 7 N–H and O–H groups in total. The highest BCUT2D eigenvalue weighted by Crippen LogP contribution is 2.19.